The van der Waals surface area contributed by atoms with E-state index in [0.717, 1.165) is 12.3 Å². The average molecular weight is 294 g/mol. The van der Waals surface area contributed by atoms with Crippen LogP contribution in [0.2, 0.25) is 0 Å². The van der Waals surface area contributed by atoms with E-state index in [2.05, 4.69) is 29.6 Å². The minimum absolute atomic E-state index is 0.253. The highest BCUT2D eigenvalue weighted by Crippen LogP contribution is 2.36. The van der Waals surface area contributed by atoms with Gasteiger partial charge in [-0.15, -0.1) is 0 Å². The topological polar surface area (TPSA) is 72.2 Å². The third-order valence-electron chi connectivity index (χ3n) is 4.75. The molecule has 0 aromatic heterocycles. The van der Waals surface area contributed by atoms with Crippen molar-refractivity contribution in [2.75, 3.05) is 6.54 Å². The van der Waals surface area contributed by atoms with Gasteiger partial charge in [0.15, 0.2) is 0 Å². The van der Waals surface area contributed by atoms with Gasteiger partial charge in [0.25, 0.3) is 0 Å². The van der Waals surface area contributed by atoms with Crippen LogP contribution in [0.3, 0.4) is 0 Å². The second-order valence-electron chi connectivity index (χ2n) is 6.04. The summed E-state index contributed by atoms with van der Waals surface area (Å²) in [6.45, 7) is 0.452. The minimum Gasteiger partial charge on any atom is -0.309 e. The van der Waals surface area contributed by atoms with Crippen LogP contribution in [0.4, 0.5) is 0 Å². The predicted molar refractivity (Wildman–Crippen MR) is 79.9 cm³/mol. The van der Waals surface area contributed by atoms with E-state index >= 15 is 0 Å². The zero-order valence-electron chi connectivity index (χ0n) is 11.6. The van der Waals surface area contributed by atoms with Gasteiger partial charge in [0.05, 0.1) is 5.25 Å². The first-order chi connectivity index (χ1) is 9.54. The van der Waals surface area contributed by atoms with Crippen LogP contribution in [0.25, 0.3) is 0 Å². The maximum absolute atomic E-state index is 11.3. The van der Waals surface area contributed by atoms with Gasteiger partial charge in [-0.25, -0.2) is 13.6 Å². The van der Waals surface area contributed by atoms with Gasteiger partial charge in [0, 0.05) is 12.6 Å². The SMILES string of the molecule is NS(=O)(=O)C1CCC(c2ccc(C3CCC3)cc2)NC1. The highest BCUT2D eigenvalue weighted by Gasteiger charge is 2.28. The van der Waals surface area contributed by atoms with Crippen molar-refractivity contribution in [2.24, 2.45) is 5.14 Å². The van der Waals surface area contributed by atoms with Crippen LogP contribution in [0, 0.1) is 0 Å². The molecule has 3 N–H and O–H groups in total. The molecule has 110 valence electrons. The normalized spacial score (nSPS) is 28.1. The smallest absolute Gasteiger partial charge is 0.213 e. The van der Waals surface area contributed by atoms with Gasteiger partial charge >= 0.3 is 0 Å². The molecule has 20 heavy (non-hydrogen) atoms. The molecular formula is C15H22N2O2S. The summed E-state index contributed by atoms with van der Waals surface area (Å²) < 4.78 is 22.7. The molecule has 1 saturated heterocycles. The number of hydrogen-bond donors (Lipinski definition) is 2. The van der Waals surface area contributed by atoms with Gasteiger partial charge in [-0.1, -0.05) is 30.7 Å². The summed E-state index contributed by atoms with van der Waals surface area (Å²) in [6, 6.07) is 9.08. The molecule has 4 nitrogen and oxygen atoms in total. The van der Waals surface area contributed by atoms with Crippen LogP contribution in [0.1, 0.15) is 55.2 Å². The third kappa shape index (κ3) is 2.90. The van der Waals surface area contributed by atoms with E-state index in [4.69, 9.17) is 5.14 Å². The third-order valence-corrected chi connectivity index (χ3v) is 6.08. The molecule has 2 unspecified atom stereocenters. The molecule has 1 heterocycles. The van der Waals surface area contributed by atoms with Crippen molar-refractivity contribution < 1.29 is 8.42 Å². The summed E-state index contributed by atoms with van der Waals surface area (Å²) in [7, 11) is -3.41. The van der Waals surface area contributed by atoms with Crippen molar-refractivity contribution in [3.8, 4) is 0 Å². The lowest BCUT2D eigenvalue weighted by Gasteiger charge is -2.30. The number of nitrogens with one attached hydrogen (secondary N) is 1. The summed E-state index contributed by atoms with van der Waals surface area (Å²) >= 11 is 0. The first-order valence-corrected chi connectivity index (χ1v) is 9.00. The van der Waals surface area contributed by atoms with E-state index in [9.17, 15) is 8.42 Å². The number of piperidine rings is 1. The zero-order chi connectivity index (χ0) is 14.2. The van der Waals surface area contributed by atoms with Gasteiger partial charge in [-0.05, 0) is 42.7 Å². The highest BCUT2D eigenvalue weighted by atomic mass is 32.2. The Kier molecular flexibility index (Phi) is 3.84. The molecule has 0 radical (unpaired) electrons. The summed E-state index contributed by atoms with van der Waals surface area (Å²) in [4.78, 5) is 0. The molecule has 5 heteroatoms. The van der Waals surface area contributed by atoms with Gasteiger partial charge in [0.1, 0.15) is 0 Å². The molecular weight excluding hydrogens is 272 g/mol. The lowest BCUT2D eigenvalue weighted by Crippen LogP contribution is -2.43. The molecule has 1 aromatic carbocycles. The molecule has 2 aliphatic rings. The first kappa shape index (κ1) is 14.0. The van der Waals surface area contributed by atoms with Gasteiger partial charge in [0.2, 0.25) is 10.0 Å². The van der Waals surface area contributed by atoms with Crippen molar-refractivity contribution in [2.45, 2.75) is 49.3 Å². The molecule has 3 rings (SSSR count). The van der Waals surface area contributed by atoms with Crippen molar-refractivity contribution in [3.63, 3.8) is 0 Å². The summed E-state index contributed by atoms with van der Waals surface area (Å²) in [5, 5.41) is 8.07. The monoisotopic (exact) mass is 294 g/mol. The number of primary sulfonamides is 1. The molecule has 2 fully saturated rings. The largest absolute Gasteiger partial charge is 0.309 e. The number of rotatable bonds is 3. The Bertz CT molecular complexity index is 556. The lowest BCUT2D eigenvalue weighted by molar-refractivity contribution is 0.406. The van der Waals surface area contributed by atoms with Gasteiger partial charge in [-0.2, -0.15) is 0 Å². The Morgan fingerprint density at radius 1 is 1.00 bits per heavy atom. The molecule has 2 atom stereocenters. The Labute approximate surface area is 120 Å². The minimum atomic E-state index is -3.41. The fourth-order valence-electron chi connectivity index (χ4n) is 3.14. The van der Waals surface area contributed by atoms with E-state index in [-0.39, 0.29) is 6.04 Å². The van der Waals surface area contributed by atoms with Crippen molar-refractivity contribution in [1.82, 2.24) is 5.32 Å². The lowest BCUT2D eigenvalue weighted by atomic mass is 9.79. The predicted octanol–water partition coefficient (Wildman–Crippen LogP) is 2.04. The molecule has 0 amide bonds. The molecule has 0 spiro atoms. The van der Waals surface area contributed by atoms with E-state index in [1.165, 1.54) is 30.4 Å². The van der Waals surface area contributed by atoms with Gasteiger partial charge < -0.3 is 5.32 Å². The Balaban J connectivity index is 1.63. The summed E-state index contributed by atoms with van der Waals surface area (Å²) in [5.74, 6) is 0.759. The van der Waals surface area contributed by atoms with E-state index < -0.39 is 15.3 Å². The number of sulfonamides is 1. The Hall–Kier alpha value is -0.910. The standard InChI is InChI=1S/C15H22N2O2S/c16-20(18,19)14-8-9-15(17-10-14)13-6-4-12(5-7-13)11-2-1-3-11/h4-7,11,14-15,17H,1-3,8-10H2,(H2,16,18,19). The summed E-state index contributed by atoms with van der Waals surface area (Å²) in [6.07, 6.45) is 5.45. The van der Waals surface area contributed by atoms with Crippen molar-refractivity contribution >= 4 is 10.0 Å². The van der Waals surface area contributed by atoms with Crippen LogP contribution in [0.5, 0.6) is 0 Å². The Morgan fingerprint density at radius 3 is 2.10 bits per heavy atom. The summed E-state index contributed by atoms with van der Waals surface area (Å²) in [5.41, 5.74) is 2.69. The van der Waals surface area contributed by atoms with E-state index in [1.807, 2.05) is 0 Å². The van der Waals surface area contributed by atoms with E-state index in [0.29, 0.717) is 13.0 Å². The second kappa shape index (κ2) is 5.47. The fraction of sp³-hybridized carbons (Fsp3) is 0.600. The number of benzene rings is 1. The zero-order valence-corrected chi connectivity index (χ0v) is 12.4. The average Bonchev–Trinajstić information content (AvgIpc) is 2.37. The molecule has 1 aliphatic carbocycles. The second-order valence-corrected chi connectivity index (χ2v) is 7.89. The van der Waals surface area contributed by atoms with Crippen LogP contribution in [-0.2, 0) is 10.0 Å². The molecule has 0 bridgehead atoms. The number of hydrogen-bond acceptors (Lipinski definition) is 3. The van der Waals surface area contributed by atoms with Crippen LogP contribution in [0.15, 0.2) is 24.3 Å². The maximum Gasteiger partial charge on any atom is 0.213 e. The maximum atomic E-state index is 11.3. The molecule has 1 saturated carbocycles. The van der Waals surface area contributed by atoms with Crippen LogP contribution in [-0.4, -0.2) is 20.2 Å². The van der Waals surface area contributed by atoms with E-state index in [1.54, 1.807) is 0 Å². The number of nitrogens with two attached hydrogens (primary N) is 1. The highest BCUT2D eigenvalue weighted by molar-refractivity contribution is 7.89. The first-order valence-electron chi connectivity index (χ1n) is 7.39. The van der Waals surface area contributed by atoms with Crippen molar-refractivity contribution in [1.29, 1.82) is 0 Å². The van der Waals surface area contributed by atoms with Crippen LogP contribution >= 0.6 is 0 Å². The fourth-order valence-corrected chi connectivity index (χ4v) is 3.93. The van der Waals surface area contributed by atoms with Gasteiger partial charge in [-0.3, -0.25) is 0 Å². The molecule has 1 aliphatic heterocycles. The molecule has 1 aromatic rings. The van der Waals surface area contributed by atoms with Crippen LogP contribution < -0.4 is 10.5 Å². The quantitative estimate of drug-likeness (QED) is 0.896. The Morgan fingerprint density at radius 2 is 1.65 bits per heavy atom. The van der Waals surface area contributed by atoms with Crippen molar-refractivity contribution in [3.05, 3.63) is 35.4 Å².